The Morgan fingerprint density at radius 2 is 1.83 bits per heavy atom. The van der Waals surface area contributed by atoms with Gasteiger partial charge >= 0.3 is 0 Å². The average Bonchev–Trinajstić information content (AvgIpc) is 2.58. The predicted octanol–water partition coefficient (Wildman–Crippen LogP) is 3.59. The monoisotopic (exact) mass is 340 g/mol. The van der Waals surface area contributed by atoms with E-state index in [0.717, 1.165) is 49.9 Å². The van der Waals surface area contributed by atoms with Gasteiger partial charge < -0.3 is 15.1 Å². The molecule has 1 saturated heterocycles. The number of halogens is 1. The fourth-order valence-electron chi connectivity index (χ4n) is 3.26. The minimum Gasteiger partial charge on any atom is -0.379 e. The van der Waals surface area contributed by atoms with E-state index in [4.69, 9.17) is 16.6 Å². The van der Waals surface area contributed by atoms with Crippen molar-refractivity contribution >= 4 is 28.8 Å². The number of piperazine rings is 1. The van der Waals surface area contributed by atoms with Gasteiger partial charge in [-0.3, -0.25) is 0 Å². The number of nitrogens with zero attached hydrogens (tertiary/aromatic N) is 3. The summed E-state index contributed by atoms with van der Waals surface area (Å²) in [6.45, 7) is 4.89. The first-order chi connectivity index (χ1) is 11.7. The highest BCUT2D eigenvalue weighted by Gasteiger charge is 2.22. The summed E-state index contributed by atoms with van der Waals surface area (Å²) in [6, 6.07) is 14.4. The number of aliphatic imine (C=N–C) groups is 1. The largest absolute Gasteiger partial charge is 0.379 e. The molecule has 0 spiro atoms. The second-order valence-electron chi connectivity index (χ2n) is 6.40. The molecule has 0 amide bonds. The molecule has 0 unspecified atom stereocenters. The molecule has 124 valence electrons. The zero-order chi connectivity index (χ0) is 16.5. The van der Waals surface area contributed by atoms with Crippen LogP contribution in [0.4, 0.5) is 11.4 Å². The van der Waals surface area contributed by atoms with Crippen molar-refractivity contribution in [3.63, 3.8) is 0 Å². The van der Waals surface area contributed by atoms with Crippen LogP contribution in [0.25, 0.3) is 0 Å². The number of amidine groups is 1. The van der Waals surface area contributed by atoms with Crippen LogP contribution >= 0.6 is 11.6 Å². The quantitative estimate of drug-likeness (QED) is 0.795. The summed E-state index contributed by atoms with van der Waals surface area (Å²) in [5, 5.41) is 4.20. The summed E-state index contributed by atoms with van der Waals surface area (Å²) >= 11 is 6.21. The number of benzene rings is 2. The van der Waals surface area contributed by atoms with Gasteiger partial charge in [-0.25, -0.2) is 4.99 Å². The third-order valence-electron chi connectivity index (χ3n) is 4.72. The van der Waals surface area contributed by atoms with Crippen molar-refractivity contribution in [2.24, 2.45) is 4.99 Å². The lowest BCUT2D eigenvalue weighted by atomic mass is 10.0. The Balaban J connectivity index is 1.83. The molecule has 2 aromatic rings. The summed E-state index contributed by atoms with van der Waals surface area (Å²) in [4.78, 5) is 9.78. The van der Waals surface area contributed by atoms with E-state index in [1.807, 2.05) is 18.2 Å². The van der Waals surface area contributed by atoms with Gasteiger partial charge in [0, 0.05) is 43.3 Å². The third-order valence-corrected chi connectivity index (χ3v) is 4.95. The van der Waals surface area contributed by atoms with Crippen LogP contribution in [-0.2, 0) is 6.54 Å². The van der Waals surface area contributed by atoms with E-state index in [0.29, 0.717) is 5.02 Å². The topological polar surface area (TPSA) is 30.9 Å². The van der Waals surface area contributed by atoms with E-state index >= 15 is 0 Å². The van der Waals surface area contributed by atoms with Crippen LogP contribution in [0.2, 0.25) is 5.02 Å². The first kappa shape index (κ1) is 15.5. The average molecular weight is 341 g/mol. The number of rotatable bonds is 0. The Kier molecular flexibility index (Phi) is 4.17. The molecule has 0 bridgehead atoms. The van der Waals surface area contributed by atoms with Crippen LogP contribution in [0.15, 0.2) is 47.5 Å². The number of likely N-dealkylation sites (N-methyl/N-ethyl adjacent to an activating group) is 1. The van der Waals surface area contributed by atoms with Crippen molar-refractivity contribution in [2.45, 2.75) is 6.54 Å². The van der Waals surface area contributed by atoms with Crippen LogP contribution in [0.1, 0.15) is 11.1 Å². The van der Waals surface area contributed by atoms with Gasteiger partial charge in [0.25, 0.3) is 0 Å². The first-order valence-electron chi connectivity index (χ1n) is 8.34. The Hall–Kier alpha value is -2.04. The lowest BCUT2D eigenvalue weighted by molar-refractivity contribution is 0.215. The van der Waals surface area contributed by atoms with E-state index in [1.165, 1.54) is 11.1 Å². The van der Waals surface area contributed by atoms with Crippen molar-refractivity contribution in [1.82, 2.24) is 9.80 Å². The van der Waals surface area contributed by atoms with Gasteiger partial charge in [0.05, 0.1) is 11.4 Å². The molecule has 0 aliphatic carbocycles. The van der Waals surface area contributed by atoms with E-state index in [2.05, 4.69) is 46.4 Å². The Labute approximate surface area is 147 Å². The molecule has 2 aliphatic heterocycles. The standard InChI is InChI=1S/C19H21ClN4/c1-23-8-10-24(11-9-23)19-16-5-3-2-4-14(16)13-21-17-7-6-15(20)12-18(17)22-19/h2-7,12,21H,8-11,13H2,1H3/b22-19+. The summed E-state index contributed by atoms with van der Waals surface area (Å²) in [7, 11) is 2.17. The maximum atomic E-state index is 6.21. The molecule has 2 aliphatic rings. The molecular formula is C19H21ClN4. The van der Waals surface area contributed by atoms with Gasteiger partial charge in [0.1, 0.15) is 5.84 Å². The van der Waals surface area contributed by atoms with Gasteiger partial charge in [-0.2, -0.15) is 0 Å². The molecule has 2 heterocycles. The highest BCUT2D eigenvalue weighted by atomic mass is 35.5. The summed E-state index contributed by atoms with van der Waals surface area (Å²) in [6.07, 6.45) is 0. The van der Waals surface area contributed by atoms with E-state index < -0.39 is 0 Å². The number of anilines is 1. The molecule has 4 rings (SSSR count). The van der Waals surface area contributed by atoms with Crippen molar-refractivity contribution < 1.29 is 0 Å². The molecule has 0 atom stereocenters. The molecule has 5 heteroatoms. The molecule has 4 nitrogen and oxygen atoms in total. The Morgan fingerprint density at radius 1 is 1.04 bits per heavy atom. The SMILES string of the molecule is CN1CCN(/C2=N/c3cc(Cl)ccc3NCc3ccccc32)CC1. The maximum Gasteiger partial charge on any atom is 0.137 e. The Morgan fingerprint density at radius 3 is 2.67 bits per heavy atom. The second kappa shape index (κ2) is 6.46. The van der Waals surface area contributed by atoms with Crippen molar-refractivity contribution in [3.05, 3.63) is 58.6 Å². The molecule has 0 saturated carbocycles. The van der Waals surface area contributed by atoms with Gasteiger partial charge in [-0.15, -0.1) is 0 Å². The van der Waals surface area contributed by atoms with E-state index in [-0.39, 0.29) is 0 Å². The Bertz CT molecular complexity index is 779. The number of fused-ring (bicyclic) bond motifs is 2. The fraction of sp³-hybridized carbons (Fsp3) is 0.316. The lowest BCUT2D eigenvalue weighted by Crippen LogP contribution is -2.47. The van der Waals surface area contributed by atoms with Gasteiger partial charge in [0.2, 0.25) is 0 Å². The number of hydrogen-bond acceptors (Lipinski definition) is 4. The molecule has 0 radical (unpaired) electrons. The highest BCUT2D eigenvalue weighted by Crippen LogP contribution is 2.32. The number of hydrogen-bond donors (Lipinski definition) is 1. The molecular weight excluding hydrogens is 320 g/mol. The molecule has 2 aromatic carbocycles. The maximum absolute atomic E-state index is 6.21. The van der Waals surface area contributed by atoms with Crippen LogP contribution in [-0.4, -0.2) is 48.9 Å². The highest BCUT2D eigenvalue weighted by molar-refractivity contribution is 6.31. The van der Waals surface area contributed by atoms with Crippen LogP contribution < -0.4 is 5.32 Å². The first-order valence-corrected chi connectivity index (χ1v) is 8.72. The van der Waals surface area contributed by atoms with Crippen molar-refractivity contribution in [1.29, 1.82) is 0 Å². The second-order valence-corrected chi connectivity index (χ2v) is 6.83. The summed E-state index contributed by atoms with van der Waals surface area (Å²) in [5.41, 5.74) is 4.42. The molecule has 1 fully saturated rings. The smallest absolute Gasteiger partial charge is 0.137 e. The van der Waals surface area contributed by atoms with Crippen LogP contribution in [0.3, 0.4) is 0 Å². The van der Waals surface area contributed by atoms with Gasteiger partial charge in [0.15, 0.2) is 0 Å². The van der Waals surface area contributed by atoms with E-state index in [1.54, 1.807) is 0 Å². The molecule has 1 N–H and O–H groups in total. The molecule has 0 aromatic heterocycles. The van der Waals surface area contributed by atoms with Crippen LogP contribution in [0, 0.1) is 0 Å². The summed E-state index contributed by atoms with van der Waals surface area (Å²) in [5.74, 6) is 1.06. The minimum atomic E-state index is 0.714. The number of nitrogens with one attached hydrogen (secondary N) is 1. The predicted molar refractivity (Wildman–Crippen MR) is 100 cm³/mol. The minimum absolute atomic E-state index is 0.714. The third kappa shape index (κ3) is 2.99. The normalized spacial score (nSPS) is 20.1. The zero-order valence-electron chi connectivity index (χ0n) is 13.8. The zero-order valence-corrected chi connectivity index (χ0v) is 14.6. The lowest BCUT2D eigenvalue weighted by Gasteiger charge is -2.35. The molecule has 24 heavy (non-hydrogen) atoms. The van der Waals surface area contributed by atoms with Crippen molar-refractivity contribution in [3.8, 4) is 0 Å². The van der Waals surface area contributed by atoms with Gasteiger partial charge in [-0.05, 0) is 30.8 Å². The van der Waals surface area contributed by atoms with Crippen molar-refractivity contribution in [2.75, 3.05) is 38.5 Å². The van der Waals surface area contributed by atoms with E-state index in [9.17, 15) is 0 Å². The fourth-order valence-corrected chi connectivity index (χ4v) is 3.43. The summed E-state index contributed by atoms with van der Waals surface area (Å²) < 4.78 is 0. The van der Waals surface area contributed by atoms with Gasteiger partial charge in [-0.1, -0.05) is 35.9 Å². The van der Waals surface area contributed by atoms with Crippen LogP contribution in [0.5, 0.6) is 0 Å².